The summed E-state index contributed by atoms with van der Waals surface area (Å²) in [5.74, 6) is 0.800. The van der Waals surface area contributed by atoms with E-state index in [1.54, 1.807) is 0 Å². The Kier molecular flexibility index (Phi) is 6.62. The van der Waals surface area contributed by atoms with Gasteiger partial charge in [-0.05, 0) is 49.9 Å². The maximum atomic E-state index is 13.1. The molecule has 0 amide bonds. The third-order valence-electron chi connectivity index (χ3n) is 4.15. The van der Waals surface area contributed by atoms with Crippen LogP contribution in [0.4, 0.5) is 0 Å². The Balaban J connectivity index is 2.09. The molecule has 0 fully saturated rings. The smallest absolute Gasteiger partial charge is 0.179 e. The Labute approximate surface area is 143 Å². The highest BCUT2D eigenvalue weighted by molar-refractivity contribution is 5.88. The number of aromatic amines is 1. The number of rotatable bonds is 10. The molecule has 1 aromatic heterocycles. The van der Waals surface area contributed by atoms with E-state index in [2.05, 4.69) is 4.98 Å². The van der Waals surface area contributed by atoms with Gasteiger partial charge in [0.05, 0.1) is 0 Å². The minimum Gasteiger partial charge on any atom is -0.483 e. The Morgan fingerprint density at radius 3 is 2.54 bits per heavy atom. The quantitative estimate of drug-likeness (QED) is 0.652. The van der Waals surface area contributed by atoms with Crippen molar-refractivity contribution in [2.75, 3.05) is 6.61 Å². The molecule has 2 aromatic rings. The molecule has 4 nitrogen and oxygen atoms in total. The van der Waals surface area contributed by atoms with Gasteiger partial charge in [-0.3, -0.25) is 4.79 Å². The lowest BCUT2D eigenvalue weighted by Crippen LogP contribution is -2.39. The van der Waals surface area contributed by atoms with Crippen molar-refractivity contribution in [2.45, 2.75) is 45.6 Å². The number of ketones is 1. The highest BCUT2D eigenvalue weighted by Gasteiger charge is 2.35. The average Bonchev–Trinajstić information content (AvgIpc) is 3.06. The predicted molar refractivity (Wildman–Crippen MR) is 95.1 cm³/mol. The summed E-state index contributed by atoms with van der Waals surface area (Å²) in [4.78, 5) is 16.3. The number of ether oxygens (including phenoxy) is 1. The van der Waals surface area contributed by atoms with Crippen molar-refractivity contribution >= 4 is 5.78 Å². The van der Waals surface area contributed by atoms with E-state index in [4.69, 9.17) is 9.84 Å². The van der Waals surface area contributed by atoms with E-state index in [0.29, 0.717) is 25.0 Å². The number of para-hydroxylation sites is 1. The lowest BCUT2D eigenvalue weighted by atomic mass is 9.80. The minimum absolute atomic E-state index is 0.0962. The second-order valence-corrected chi connectivity index (χ2v) is 6.76. The van der Waals surface area contributed by atoms with Crippen LogP contribution in [0.1, 0.15) is 38.8 Å². The highest BCUT2D eigenvalue weighted by Crippen LogP contribution is 2.27. The zero-order valence-electron chi connectivity index (χ0n) is 14.5. The van der Waals surface area contributed by atoms with Crippen LogP contribution in [0.2, 0.25) is 0 Å². The summed E-state index contributed by atoms with van der Waals surface area (Å²) >= 11 is 0. The molecule has 0 aliphatic carbocycles. The molecule has 0 saturated carbocycles. The molecular formula is C20H27NO3. The van der Waals surface area contributed by atoms with Gasteiger partial charge in [-0.15, -0.1) is 0 Å². The van der Waals surface area contributed by atoms with Crippen LogP contribution in [0.3, 0.4) is 0 Å². The van der Waals surface area contributed by atoms with Crippen molar-refractivity contribution < 1.29 is 14.6 Å². The first-order valence-electron chi connectivity index (χ1n) is 8.52. The van der Waals surface area contributed by atoms with Gasteiger partial charge in [0.2, 0.25) is 0 Å². The Bertz CT molecular complexity index is 605. The zero-order chi connectivity index (χ0) is 17.4. The maximum Gasteiger partial charge on any atom is 0.179 e. The largest absolute Gasteiger partial charge is 0.483 e. The Morgan fingerprint density at radius 2 is 1.92 bits per heavy atom. The van der Waals surface area contributed by atoms with Crippen LogP contribution >= 0.6 is 0 Å². The van der Waals surface area contributed by atoms with Crippen LogP contribution in [0.15, 0.2) is 48.7 Å². The van der Waals surface area contributed by atoms with Gasteiger partial charge in [-0.2, -0.15) is 0 Å². The summed E-state index contributed by atoms with van der Waals surface area (Å²) in [7, 11) is 0. The van der Waals surface area contributed by atoms with E-state index in [0.717, 1.165) is 12.1 Å². The van der Waals surface area contributed by atoms with E-state index in [1.807, 2.05) is 62.5 Å². The summed E-state index contributed by atoms with van der Waals surface area (Å²) in [6.45, 7) is 4.06. The van der Waals surface area contributed by atoms with Crippen LogP contribution in [0.5, 0.6) is 5.75 Å². The number of aliphatic hydroxyl groups excluding tert-OH is 1. The molecule has 2 N–H and O–H groups in total. The molecule has 0 saturated heterocycles. The molecule has 1 atom stereocenters. The number of unbranched alkanes of at least 4 members (excludes halogenated alkanes) is 1. The predicted octanol–water partition coefficient (Wildman–Crippen LogP) is 3.76. The molecule has 0 spiro atoms. The lowest BCUT2D eigenvalue weighted by Gasteiger charge is -2.28. The lowest BCUT2D eigenvalue weighted by molar-refractivity contribution is -0.134. The van der Waals surface area contributed by atoms with Gasteiger partial charge in [0.1, 0.15) is 5.75 Å². The first-order chi connectivity index (χ1) is 11.5. The van der Waals surface area contributed by atoms with Gasteiger partial charge in [0, 0.05) is 23.9 Å². The maximum absolute atomic E-state index is 13.1. The van der Waals surface area contributed by atoms with Crippen LogP contribution < -0.4 is 4.74 Å². The summed E-state index contributed by atoms with van der Waals surface area (Å²) < 4.78 is 5.99. The first-order valence-corrected chi connectivity index (χ1v) is 8.52. The number of nitrogens with one attached hydrogen (secondary N) is 1. The van der Waals surface area contributed by atoms with E-state index in [1.165, 1.54) is 0 Å². The molecular weight excluding hydrogens is 302 g/mol. The molecule has 1 aromatic carbocycles. The Hall–Kier alpha value is -2.07. The number of carbonyl (C=O) groups excluding carboxylic acids is 1. The second kappa shape index (κ2) is 8.69. The third kappa shape index (κ3) is 5.24. The molecule has 0 aliphatic rings. The zero-order valence-corrected chi connectivity index (χ0v) is 14.5. The molecule has 1 heterocycles. The van der Waals surface area contributed by atoms with Gasteiger partial charge in [0.15, 0.2) is 11.9 Å². The number of hydrogen-bond donors (Lipinski definition) is 2. The van der Waals surface area contributed by atoms with Crippen LogP contribution in [-0.4, -0.2) is 28.6 Å². The van der Waals surface area contributed by atoms with Crippen molar-refractivity contribution in [3.8, 4) is 5.75 Å². The van der Waals surface area contributed by atoms with Gasteiger partial charge in [-0.1, -0.05) is 32.0 Å². The number of Topliss-reactive ketones (excluding diaryl/α,β-unsaturated/α-hetero) is 1. The van der Waals surface area contributed by atoms with Gasteiger partial charge >= 0.3 is 0 Å². The number of H-pyrrole nitrogens is 1. The van der Waals surface area contributed by atoms with E-state index in [9.17, 15) is 4.79 Å². The van der Waals surface area contributed by atoms with Crippen molar-refractivity contribution in [3.05, 3.63) is 54.4 Å². The number of aliphatic hydroxyl groups is 1. The van der Waals surface area contributed by atoms with Crippen molar-refractivity contribution in [1.82, 2.24) is 4.98 Å². The molecule has 0 radical (unpaired) electrons. The van der Waals surface area contributed by atoms with E-state index >= 15 is 0 Å². The summed E-state index contributed by atoms with van der Waals surface area (Å²) in [5, 5.41) is 9.01. The van der Waals surface area contributed by atoms with Crippen LogP contribution in [0.25, 0.3) is 0 Å². The van der Waals surface area contributed by atoms with Crippen LogP contribution in [-0.2, 0) is 11.2 Å². The van der Waals surface area contributed by atoms with Crippen molar-refractivity contribution in [1.29, 1.82) is 0 Å². The average molecular weight is 329 g/mol. The third-order valence-corrected chi connectivity index (χ3v) is 4.15. The molecule has 0 aliphatic heterocycles. The minimum atomic E-state index is -0.524. The second-order valence-electron chi connectivity index (χ2n) is 6.76. The highest BCUT2D eigenvalue weighted by atomic mass is 16.5. The molecule has 1 unspecified atom stereocenters. The Morgan fingerprint density at radius 1 is 1.17 bits per heavy atom. The summed E-state index contributed by atoms with van der Waals surface area (Å²) in [6.07, 6.45) is 4.08. The summed E-state index contributed by atoms with van der Waals surface area (Å²) in [5.41, 5.74) is 0.519. The molecule has 2 rings (SSSR count). The normalized spacial score (nSPS) is 12.8. The number of hydrogen-bond acceptors (Lipinski definition) is 3. The fourth-order valence-corrected chi connectivity index (χ4v) is 2.82. The monoisotopic (exact) mass is 329 g/mol. The standard InChI is InChI=1S/C20H27NO3/c1-20(2,15-16-9-8-13-21-16)19(23)18(12-6-7-14-22)24-17-10-4-3-5-11-17/h3-5,8-11,13,18,21-22H,6-7,12,14-15H2,1-2H3. The molecule has 4 heteroatoms. The van der Waals surface area contributed by atoms with Gasteiger partial charge in [-0.25, -0.2) is 0 Å². The first kappa shape index (κ1) is 18.3. The summed E-state index contributed by atoms with van der Waals surface area (Å²) in [6, 6.07) is 13.4. The fraction of sp³-hybridized carbons (Fsp3) is 0.450. The number of aromatic nitrogens is 1. The number of benzene rings is 1. The van der Waals surface area contributed by atoms with Crippen LogP contribution in [0, 0.1) is 5.41 Å². The van der Waals surface area contributed by atoms with Crippen molar-refractivity contribution in [2.24, 2.45) is 5.41 Å². The molecule has 0 bridgehead atoms. The van der Waals surface area contributed by atoms with E-state index < -0.39 is 11.5 Å². The number of carbonyl (C=O) groups is 1. The SMILES string of the molecule is CC(C)(Cc1ccc[nH]1)C(=O)C(CCCCO)Oc1ccccc1. The van der Waals surface area contributed by atoms with Crippen molar-refractivity contribution in [3.63, 3.8) is 0 Å². The topological polar surface area (TPSA) is 62.3 Å². The fourth-order valence-electron chi connectivity index (χ4n) is 2.82. The van der Waals surface area contributed by atoms with E-state index in [-0.39, 0.29) is 12.4 Å². The molecule has 130 valence electrons. The van der Waals surface area contributed by atoms with Gasteiger partial charge < -0.3 is 14.8 Å². The van der Waals surface area contributed by atoms with Gasteiger partial charge in [0.25, 0.3) is 0 Å². The molecule has 24 heavy (non-hydrogen) atoms.